The highest BCUT2D eigenvalue weighted by molar-refractivity contribution is 9.10. The van der Waals surface area contributed by atoms with Gasteiger partial charge in [-0.15, -0.1) is 5.10 Å². The Morgan fingerprint density at radius 2 is 1.95 bits per heavy atom. The topological polar surface area (TPSA) is 104 Å². The molecule has 2 aliphatic rings. The summed E-state index contributed by atoms with van der Waals surface area (Å²) in [6, 6.07) is 9.18. The summed E-state index contributed by atoms with van der Waals surface area (Å²) in [7, 11) is 0. The van der Waals surface area contributed by atoms with Crippen LogP contribution < -0.4 is 11.1 Å². The molecule has 2 saturated carbocycles. The fourth-order valence-electron chi connectivity index (χ4n) is 6.45. The van der Waals surface area contributed by atoms with Crippen LogP contribution in [-0.2, 0) is 12.0 Å². The zero-order chi connectivity index (χ0) is 28.2. The van der Waals surface area contributed by atoms with Crippen LogP contribution in [0.2, 0.25) is 0 Å². The third kappa shape index (κ3) is 4.22. The number of anilines is 1. The Balaban J connectivity index is 1.24. The Hall–Kier alpha value is -3.60. The molecule has 0 unspecified atom stereocenters. The molecular weight excluding hydrogens is 580 g/mol. The van der Waals surface area contributed by atoms with E-state index in [0.717, 1.165) is 61.5 Å². The molecule has 0 saturated heterocycles. The molecule has 2 fully saturated rings. The number of amides is 1. The molecule has 6 rings (SSSR count). The molecule has 2 heterocycles. The molecule has 3 N–H and O–H groups in total. The Morgan fingerprint density at radius 3 is 2.67 bits per heavy atom. The van der Waals surface area contributed by atoms with Crippen molar-refractivity contribution in [3.63, 3.8) is 0 Å². The van der Waals surface area contributed by atoms with Crippen molar-refractivity contribution in [2.45, 2.75) is 69.9 Å². The lowest BCUT2D eigenvalue weighted by molar-refractivity contribution is 0.0900. The van der Waals surface area contributed by atoms with Crippen LogP contribution in [0.15, 0.2) is 47.2 Å². The van der Waals surface area contributed by atoms with Gasteiger partial charge in [0.1, 0.15) is 11.5 Å². The van der Waals surface area contributed by atoms with Gasteiger partial charge in [-0.2, -0.15) is 5.10 Å². The van der Waals surface area contributed by atoms with Crippen molar-refractivity contribution in [3.05, 3.63) is 75.7 Å². The van der Waals surface area contributed by atoms with Gasteiger partial charge in [0.2, 0.25) is 0 Å². The summed E-state index contributed by atoms with van der Waals surface area (Å²) in [5, 5.41) is 16.5. The van der Waals surface area contributed by atoms with E-state index in [4.69, 9.17) is 5.73 Å². The van der Waals surface area contributed by atoms with E-state index in [1.54, 1.807) is 17.1 Å². The van der Waals surface area contributed by atoms with Gasteiger partial charge in [0, 0.05) is 11.1 Å². The van der Waals surface area contributed by atoms with Crippen LogP contribution in [0.3, 0.4) is 0 Å². The van der Waals surface area contributed by atoms with Crippen molar-refractivity contribution in [2.24, 2.45) is 0 Å². The first kappa shape index (κ1) is 26.6. The number of benzene rings is 2. The van der Waals surface area contributed by atoms with Crippen molar-refractivity contribution < 1.29 is 13.6 Å². The average Bonchev–Trinajstić information content (AvgIpc) is 3.73. The molecule has 8 nitrogen and oxygen atoms in total. The van der Waals surface area contributed by atoms with E-state index in [2.05, 4.69) is 43.6 Å². The summed E-state index contributed by atoms with van der Waals surface area (Å²) in [5.74, 6) is -1.74. The number of hydrogen-bond acceptors (Lipinski definition) is 5. The summed E-state index contributed by atoms with van der Waals surface area (Å²) in [4.78, 5) is 13.7. The minimum Gasteiger partial charge on any atom is -0.396 e. The van der Waals surface area contributed by atoms with Gasteiger partial charge in [-0.3, -0.25) is 4.79 Å². The average molecular weight is 611 g/mol. The zero-order valence-corrected chi connectivity index (χ0v) is 23.9. The van der Waals surface area contributed by atoms with Gasteiger partial charge in [-0.1, -0.05) is 36.8 Å². The molecule has 2 bridgehead atoms. The second kappa shape index (κ2) is 9.79. The number of fused-ring (bicyclic) bond motifs is 2. The number of nitrogens with one attached hydrogen (secondary N) is 1. The SMILES string of the molecule is CCCc1c(C(=O)NC23CCC(n4cc(-c5cc(F)c(Br)c(F)c5N)nn4)(CC2)C3)cnn1-c1ccccc1C. The summed E-state index contributed by atoms with van der Waals surface area (Å²) < 4.78 is 32.0. The molecule has 0 spiro atoms. The van der Waals surface area contributed by atoms with Crippen LogP contribution in [0.5, 0.6) is 0 Å². The predicted octanol–water partition coefficient (Wildman–Crippen LogP) is 5.86. The maximum absolute atomic E-state index is 14.4. The Labute approximate surface area is 239 Å². The highest BCUT2D eigenvalue weighted by Gasteiger charge is 2.56. The van der Waals surface area contributed by atoms with Crippen LogP contribution in [0.4, 0.5) is 14.5 Å². The summed E-state index contributed by atoms with van der Waals surface area (Å²) in [6.07, 6.45) is 8.89. The third-order valence-electron chi connectivity index (χ3n) is 8.58. The fraction of sp³-hybridized carbons (Fsp3) is 0.379. The van der Waals surface area contributed by atoms with Gasteiger partial charge in [0.05, 0.1) is 45.0 Å². The predicted molar refractivity (Wildman–Crippen MR) is 151 cm³/mol. The first-order valence-electron chi connectivity index (χ1n) is 13.5. The number of carbonyl (C=O) groups excluding carboxylic acids is 1. The smallest absolute Gasteiger partial charge is 0.255 e. The Kier molecular flexibility index (Phi) is 6.52. The quantitative estimate of drug-likeness (QED) is 0.202. The van der Waals surface area contributed by atoms with E-state index >= 15 is 0 Å². The Bertz CT molecular complexity index is 1620. The standard InChI is InChI=1S/C29H30BrF2N7O/c1-3-6-23-19(14-34-39(23)22-8-5-4-7-17(22)2)27(40)35-28-9-11-29(16-28,12-10-28)38-15-21(36-37-38)18-13-20(31)24(30)25(32)26(18)33/h4-5,7-8,13-15H,3,6,9-12,16,33H2,1-2H3,(H,35,40). The molecule has 40 heavy (non-hydrogen) atoms. The number of nitrogens with zero attached hydrogens (tertiary/aromatic N) is 5. The van der Waals surface area contributed by atoms with E-state index < -0.39 is 11.6 Å². The molecule has 208 valence electrons. The lowest BCUT2D eigenvalue weighted by atomic mass is 9.91. The normalized spacial score (nSPS) is 21.7. The van der Waals surface area contributed by atoms with Gasteiger partial charge < -0.3 is 11.1 Å². The van der Waals surface area contributed by atoms with Crippen LogP contribution in [0.25, 0.3) is 16.9 Å². The number of rotatable bonds is 7. The summed E-state index contributed by atoms with van der Waals surface area (Å²) in [6.45, 7) is 4.13. The highest BCUT2D eigenvalue weighted by atomic mass is 79.9. The number of hydrogen-bond donors (Lipinski definition) is 2. The molecule has 2 aliphatic carbocycles. The maximum Gasteiger partial charge on any atom is 0.255 e. The van der Waals surface area contributed by atoms with Crippen LogP contribution in [-0.4, -0.2) is 36.2 Å². The number of halogens is 3. The largest absolute Gasteiger partial charge is 0.396 e. The molecule has 0 aliphatic heterocycles. The van der Waals surface area contributed by atoms with Crippen molar-refractivity contribution in [1.29, 1.82) is 0 Å². The van der Waals surface area contributed by atoms with Crippen molar-refractivity contribution in [1.82, 2.24) is 30.1 Å². The second-order valence-electron chi connectivity index (χ2n) is 11.1. The van der Waals surface area contributed by atoms with Crippen LogP contribution >= 0.6 is 15.9 Å². The molecule has 4 aromatic rings. The van der Waals surface area contributed by atoms with E-state index in [0.29, 0.717) is 17.7 Å². The number of aryl methyl sites for hydroxylation is 1. The molecule has 11 heteroatoms. The fourth-order valence-corrected chi connectivity index (χ4v) is 6.78. The van der Waals surface area contributed by atoms with Crippen molar-refractivity contribution in [2.75, 3.05) is 5.73 Å². The first-order valence-corrected chi connectivity index (χ1v) is 14.3. The minimum atomic E-state index is -0.862. The molecule has 0 atom stereocenters. The molecule has 2 aromatic heterocycles. The van der Waals surface area contributed by atoms with Crippen LogP contribution in [0, 0.1) is 18.6 Å². The molecule has 0 radical (unpaired) electrons. The van der Waals surface area contributed by atoms with Gasteiger partial charge in [-0.05, 0) is 79.1 Å². The van der Waals surface area contributed by atoms with E-state index in [1.165, 1.54) is 0 Å². The van der Waals surface area contributed by atoms with Crippen LogP contribution in [0.1, 0.15) is 67.1 Å². The second-order valence-corrected chi connectivity index (χ2v) is 11.9. The summed E-state index contributed by atoms with van der Waals surface area (Å²) in [5.41, 5.74) is 9.06. The first-order chi connectivity index (χ1) is 19.2. The number of aromatic nitrogens is 5. The summed E-state index contributed by atoms with van der Waals surface area (Å²) >= 11 is 2.88. The van der Waals surface area contributed by atoms with E-state index in [9.17, 15) is 13.6 Å². The maximum atomic E-state index is 14.4. The minimum absolute atomic E-state index is 0.117. The number of carbonyl (C=O) groups is 1. The highest BCUT2D eigenvalue weighted by Crippen LogP contribution is 2.55. The lowest BCUT2D eigenvalue weighted by Gasteiger charge is -2.28. The van der Waals surface area contributed by atoms with E-state index in [-0.39, 0.29) is 32.7 Å². The van der Waals surface area contributed by atoms with Crippen molar-refractivity contribution in [3.8, 4) is 16.9 Å². The molecule has 2 aromatic carbocycles. The lowest BCUT2D eigenvalue weighted by Crippen LogP contribution is -2.45. The zero-order valence-electron chi connectivity index (χ0n) is 22.3. The molecular formula is C29H30BrF2N7O. The van der Waals surface area contributed by atoms with Gasteiger partial charge in [0.25, 0.3) is 5.91 Å². The Morgan fingerprint density at radius 1 is 1.20 bits per heavy atom. The van der Waals surface area contributed by atoms with Gasteiger partial charge in [-0.25, -0.2) is 18.1 Å². The van der Waals surface area contributed by atoms with Gasteiger partial charge in [0.15, 0.2) is 5.82 Å². The van der Waals surface area contributed by atoms with E-state index in [1.807, 2.05) is 35.9 Å². The number of para-hydroxylation sites is 1. The van der Waals surface area contributed by atoms with Gasteiger partial charge >= 0.3 is 0 Å². The number of nitrogen functional groups attached to an aromatic ring is 1. The number of nitrogens with two attached hydrogens (primary N) is 1. The van der Waals surface area contributed by atoms with Crippen molar-refractivity contribution >= 4 is 27.5 Å². The third-order valence-corrected chi connectivity index (χ3v) is 9.31. The molecule has 1 amide bonds. The monoisotopic (exact) mass is 609 g/mol.